The van der Waals surface area contributed by atoms with E-state index in [2.05, 4.69) is 5.32 Å². The van der Waals surface area contributed by atoms with Crippen molar-refractivity contribution in [3.05, 3.63) is 83.7 Å². The minimum absolute atomic E-state index is 0.233. The SMILES string of the molecule is COC(=O)C1(NC(=O)OC(C)(C)C)CCc2ccc(Oc3ccccc3-c3cccc(F)c3)cc2C1. The summed E-state index contributed by atoms with van der Waals surface area (Å²) in [6, 6.07) is 19.4. The van der Waals surface area contributed by atoms with Gasteiger partial charge in [-0.3, -0.25) is 0 Å². The van der Waals surface area contributed by atoms with Crippen molar-refractivity contribution >= 4 is 12.1 Å². The average molecular weight is 492 g/mol. The van der Waals surface area contributed by atoms with Gasteiger partial charge >= 0.3 is 12.1 Å². The van der Waals surface area contributed by atoms with Gasteiger partial charge in [0.25, 0.3) is 0 Å². The van der Waals surface area contributed by atoms with Crippen molar-refractivity contribution in [2.75, 3.05) is 7.11 Å². The Hall–Kier alpha value is -3.87. The van der Waals surface area contributed by atoms with Crippen molar-refractivity contribution in [2.45, 2.75) is 51.2 Å². The van der Waals surface area contributed by atoms with Crippen LogP contribution in [-0.2, 0) is 27.1 Å². The zero-order valence-electron chi connectivity index (χ0n) is 20.9. The predicted octanol–water partition coefficient (Wildman–Crippen LogP) is 6.21. The molecule has 1 aliphatic rings. The van der Waals surface area contributed by atoms with Crippen molar-refractivity contribution < 1.29 is 28.2 Å². The van der Waals surface area contributed by atoms with Crippen LogP contribution < -0.4 is 10.1 Å². The Morgan fingerprint density at radius 2 is 1.75 bits per heavy atom. The zero-order valence-corrected chi connectivity index (χ0v) is 20.9. The highest BCUT2D eigenvalue weighted by atomic mass is 19.1. The van der Waals surface area contributed by atoms with E-state index in [1.54, 1.807) is 26.8 Å². The van der Waals surface area contributed by atoms with E-state index in [-0.39, 0.29) is 12.2 Å². The first kappa shape index (κ1) is 25.2. The van der Waals surface area contributed by atoms with Gasteiger partial charge in [0.05, 0.1) is 7.11 Å². The zero-order chi connectivity index (χ0) is 25.9. The lowest BCUT2D eigenvalue weighted by Gasteiger charge is -2.36. The van der Waals surface area contributed by atoms with Crippen LogP contribution in [0, 0.1) is 5.82 Å². The number of alkyl carbamates (subject to hydrolysis) is 1. The van der Waals surface area contributed by atoms with Gasteiger partial charge in [0.2, 0.25) is 0 Å². The molecule has 188 valence electrons. The highest BCUT2D eigenvalue weighted by Crippen LogP contribution is 2.37. The summed E-state index contributed by atoms with van der Waals surface area (Å²) in [6.45, 7) is 5.29. The molecule has 0 aliphatic heterocycles. The van der Waals surface area contributed by atoms with Gasteiger partial charge in [-0.25, -0.2) is 14.0 Å². The number of benzene rings is 3. The molecule has 4 rings (SSSR count). The van der Waals surface area contributed by atoms with Crippen LogP contribution in [0.4, 0.5) is 9.18 Å². The molecule has 1 amide bonds. The maximum Gasteiger partial charge on any atom is 0.408 e. The maximum absolute atomic E-state index is 13.8. The molecule has 0 radical (unpaired) electrons. The van der Waals surface area contributed by atoms with E-state index < -0.39 is 23.2 Å². The van der Waals surface area contributed by atoms with Gasteiger partial charge in [0, 0.05) is 12.0 Å². The first-order chi connectivity index (χ1) is 17.1. The van der Waals surface area contributed by atoms with Crippen molar-refractivity contribution in [1.29, 1.82) is 0 Å². The first-order valence-corrected chi connectivity index (χ1v) is 11.8. The third kappa shape index (κ3) is 5.67. The molecule has 0 saturated carbocycles. The molecule has 0 bridgehead atoms. The number of methoxy groups -OCH3 is 1. The van der Waals surface area contributed by atoms with Crippen molar-refractivity contribution in [3.8, 4) is 22.6 Å². The molecule has 36 heavy (non-hydrogen) atoms. The summed E-state index contributed by atoms with van der Waals surface area (Å²) >= 11 is 0. The number of amides is 1. The lowest BCUT2D eigenvalue weighted by atomic mass is 9.78. The third-order valence-electron chi connectivity index (χ3n) is 6.06. The monoisotopic (exact) mass is 491 g/mol. The van der Waals surface area contributed by atoms with Crippen LogP contribution in [-0.4, -0.2) is 30.3 Å². The van der Waals surface area contributed by atoms with Gasteiger partial charge in [0.15, 0.2) is 0 Å². The third-order valence-corrected chi connectivity index (χ3v) is 6.06. The molecule has 1 N–H and O–H groups in total. The Kier molecular flexibility index (Phi) is 7.02. The number of aryl methyl sites for hydroxylation is 1. The molecule has 1 aliphatic carbocycles. The van der Waals surface area contributed by atoms with E-state index in [4.69, 9.17) is 14.2 Å². The van der Waals surface area contributed by atoms with Crippen LogP contribution in [0.15, 0.2) is 66.7 Å². The fourth-order valence-electron chi connectivity index (χ4n) is 4.44. The fraction of sp³-hybridized carbons (Fsp3) is 0.310. The highest BCUT2D eigenvalue weighted by Gasteiger charge is 2.44. The summed E-state index contributed by atoms with van der Waals surface area (Å²) in [6.07, 6.45) is 0.513. The second-order valence-corrected chi connectivity index (χ2v) is 9.92. The summed E-state index contributed by atoms with van der Waals surface area (Å²) in [4.78, 5) is 25.4. The molecular formula is C29H30FNO5. The molecule has 7 heteroatoms. The van der Waals surface area contributed by atoms with Crippen LogP contribution in [0.25, 0.3) is 11.1 Å². The number of esters is 1. The van der Waals surface area contributed by atoms with Crippen molar-refractivity contribution in [1.82, 2.24) is 5.32 Å². The Labute approximate surface area is 210 Å². The first-order valence-electron chi connectivity index (χ1n) is 11.8. The molecule has 3 aromatic rings. The second-order valence-electron chi connectivity index (χ2n) is 9.92. The molecule has 6 nitrogen and oxygen atoms in total. The van der Waals surface area contributed by atoms with Crippen LogP contribution in [0.2, 0.25) is 0 Å². The summed E-state index contributed by atoms with van der Waals surface area (Å²) in [5.41, 5.74) is 1.43. The lowest BCUT2D eigenvalue weighted by Crippen LogP contribution is -2.59. The minimum atomic E-state index is -1.25. The fourth-order valence-corrected chi connectivity index (χ4v) is 4.44. The van der Waals surface area contributed by atoms with E-state index in [0.717, 1.165) is 16.7 Å². The maximum atomic E-state index is 13.8. The lowest BCUT2D eigenvalue weighted by molar-refractivity contribution is -0.149. The van der Waals surface area contributed by atoms with Gasteiger partial charge in [-0.05, 0) is 80.6 Å². The Morgan fingerprint density at radius 1 is 0.972 bits per heavy atom. The van der Waals surface area contributed by atoms with Gasteiger partial charge in [-0.1, -0.05) is 36.4 Å². The van der Waals surface area contributed by atoms with Gasteiger partial charge in [-0.2, -0.15) is 0 Å². The number of nitrogens with one attached hydrogen (secondary N) is 1. The molecule has 1 unspecified atom stereocenters. The summed E-state index contributed by atoms with van der Waals surface area (Å²) < 4.78 is 30.5. The number of para-hydroxylation sites is 1. The number of rotatable bonds is 5. The molecule has 0 saturated heterocycles. The number of carbonyl (C=O) groups excluding carboxylic acids is 2. The number of fused-ring (bicyclic) bond motifs is 1. The van der Waals surface area contributed by atoms with E-state index >= 15 is 0 Å². The molecule has 0 aromatic heterocycles. The number of halogens is 1. The van der Waals surface area contributed by atoms with Gasteiger partial charge < -0.3 is 19.5 Å². The van der Waals surface area contributed by atoms with Crippen LogP contribution >= 0.6 is 0 Å². The van der Waals surface area contributed by atoms with E-state index in [1.807, 2.05) is 48.5 Å². The van der Waals surface area contributed by atoms with Crippen LogP contribution in [0.1, 0.15) is 38.3 Å². The normalized spacial score (nSPS) is 17.0. The molecule has 0 fully saturated rings. The largest absolute Gasteiger partial charge is 0.467 e. The average Bonchev–Trinajstić information content (AvgIpc) is 2.82. The van der Waals surface area contributed by atoms with Crippen molar-refractivity contribution in [2.24, 2.45) is 0 Å². The highest BCUT2D eigenvalue weighted by molar-refractivity contribution is 5.86. The summed E-state index contributed by atoms with van der Waals surface area (Å²) in [5, 5.41) is 2.77. The van der Waals surface area contributed by atoms with E-state index in [0.29, 0.717) is 29.9 Å². The Bertz CT molecular complexity index is 1280. The Balaban J connectivity index is 1.62. The van der Waals surface area contributed by atoms with Gasteiger partial charge in [-0.15, -0.1) is 0 Å². The van der Waals surface area contributed by atoms with Crippen LogP contribution in [0.5, 0.6) is 11.5 Å². The van der Waals surface area contributed by atoms with E-state index in [9.17, 15) is 14.0 Å². The molecular weight excluding hydrogens is 461 g/mol. The quantitative estimate of drug-likeness (QED) is 0.430. The summed E-state index contributed by atoms with van der Waals surface area (Å²) in [7, 11) is 1.30. The van der Waals surface area contributed by atoms with Gasteiger partial charge in [0.1, 0.15) is 28.5 Å². The smallest absolute Gasteiger partial charge is 0.408 e. The molecule has 0 spiro atoms. The number of hydrogen-bond donors (Lipinski definition) is 1. The van der Waals surface area contributed by atoms with E-state index in [1.165, 1.54) is 19.2 Å². The molecule has 1 atom stereocenters. The standard InChI is InChI=1S/C29H30FNO5/c1-28(2,3)36-27(33)31-29(26(32)34-4)15-14-19-12-13-23(17-21(19)18-29)35-25-11-6-5-10-24(25)20-8-7-9-22(30)16-20/h5-13,16-17H,14-15,18H2,1-4H3,(H,31,33). The van der Waals surface area contributed by atoms with Crippen LogP contribution in [0.3, 0.4) is 0 Å². The summed E-state index contributed by atoms with van der Waals surface area (Å²) in [5.74, 6) is 0.287. The predicted molar refractivity (Wildman–Crippen MR) is 134 cm³/mol. The topological polar surface area (TPSA) is 73.9 Å². The molecule has 3 aromatic carbocycles. The minimum Gasteiger partial charge on any atom is -0.467 e. The number of hydrogen-bond acceptors (Lipinski definition) is 5. The number of carbonyl (C=O) groups is 2. The number of ether oxygens (including phenoxy) is 3. The molecule has 0 heterocycles. The Morgan fingerprint density at radius 3 is 2.47 bits per heavy atom. The second kappa shape index (κ2) is 10.0. The van der Waals surface area contributed by atoms with Crippen molar-refractivity contribution in [3.63, 3.8) is 0 Å².